The minimum atomic E-state index is -0.686. The summed E-state index contributed by atoms with van der Waals surface area (Å²) in [5.41, 5.74) is 3.18. The van der Waals surface area contributed by atoms with Crippen LogP contribution < -0.4 is 0 Å². The largest absolute Gasteiger partial charge is 0.507 e. The lowest BCUT2D eigenvalue weighted by Crippen LogP contribution is -2.38. The van der Waals surface area contributed by atoms with Gasteiger partial charge in [-0.1, -0.05) is 55.3 Å². The molecule has 31 heavy (non-hydrogen) atoms. The van der Waals surface area contributed by atoms with Gasteiger partial charge in [-0.15, -0.1) is 0 Å². The Morgan fingerprint density at radius 3 is 2.45 bits per heavy atom. The summed E-state index contributed by atoms with van der Waals surface area (Å²) in [6.45, 7) is 10.6. The van der Waals surface area contributed by atoms with Gasteiger partial charge in [-0.3, -0.25) is 9.59 Å². The maximum Gasteiger partial charge on any atom is 0.295 e. The van der Waals surface area contributed by atoms with Crippen LogP contribution in [-0.4, -0.2) is 52.8 Å². The molecule has 0 aromatic heterocycles. The van der Waals surface area contributed by atoms with E-state index < -0.39 is 17.7 Å². The number of carbonyl (C=O) groups is 2. The highest BCUT2D eigenvalue weighted by atomic mass is 35.5. The second kappa shape index (κ2) is 9.67. The number of amides is 1. The highest BCUT2D eigenvalue weighted by Gasteiger charge is 2.46. The molecule has 1 aliphatic heterocycles. The SMILES string of the molecule is CCN(CC)CCN1C(=O)C(=O)C(=C(O)c2cc(C)ccc2C)C1c1cccc(Cl)c1. The smallest absolute Gasteiger partial charge is 0.295 e. The fourth-order valence-corrected chi connectivity index (χ4v) is 4.26. The molecule has 0 spiro atoms. The van der Waals surface area contributed by atoms with Crippen molar-refractivity contribution in [1.29, 1.82) is 0 Å². The lowest BCUT2D eigenvalue weighted by molar-refractivity contribution is -0.140. The van der Waals surface area contributed by atoms with Gasteiger partial charge >= 0.3 is 0 Å². The molecule has 0 saturated carbocycles. The van der Waals surface area contributed by atoms with E-state index in [2.05, 4.69) is 18.7 Å². The Morgan fingerprint density at radius 1 is 1.10 bits per heavy atom. The minimum Gasteiger partial charge on any atom is -0.507 e. The number of aryl methyl sites for hydroxylation is 2. The Balaban J connectivity index is 2.15. The van der Waals surface area contributed by atoms with Crippen molar-refractivity contribution in [2.24, 2.45) is 0 Å². The van der Waals surface area contributed by atoms with Crippen LogP contribution in [0.1, 0.15) is 42.1 Å². The molecule has 1 heterocycles. The van der Waals surface area contributed by atoms with Crippen molar-refractivity contribution in [2.45, 2.75) is 33.7 Å². The molecule has 0 aliphatic carbocycles. The summed E-state index contributed by atoms with van der Waals surface area (Å²) in [5, 5.41) is 11.8. The van der Waals surface area contributed by atoms with Crippen LogP contribution in [0.5, 0.6) is 0 Å². The molecule has 164 valence electrons. The average Bonchev–Trinajstić information content (AvgIpc) is 3.00. The minimum absolute atomic E-state index is 0.112. The lowest BCUT2D eigenvalue weighted by atomic mass is 9.93. The van der Waals surface area contributed by atoms with Crippen molar-refractivity contribution in [1.82, 2.24) is 9.80 Å². The highest BCUT2D eigenvalue weighted by Crippen LogP contribution is 2.40. The van der Waals surface area contributed by atoms with Gasteiger partial charge in [0.2, 0.25) is 0 Å². The standard InChI is InChI=1S/C25H29ClN2O3/c1-5-27(6-2)12-13-28-22(18-8-7-9-19(26)15-18)21(24(30)25(28)31)23(29)20-14-16(3)10-11-17(20)4/h7-11,14-15,22,29H,5-6,12-13H2,1-4H3. The van der Waals surface area contributed by atoms with E-state index in [4.69, 9.17) is 11.6 Å². The summed E-state index contributed by atoms with van der Waals surface area (Å²) < 4.78 is 0. The number of ketones is 1. The lowest BCUT2D eigenvalue weighted by Gasteiger charge is -2.28. The monoisotopic (exact) mass is 440 g/mol. The number of likely N-dealkylation sites (tertiary alicyclic amines) is 1. The summed E-state index contributed by atoms with van der Waals surface area (Å²) in [6.07, 6.45) is 0. The number of aliphatic hydroxyl groups is 1. The number of likely N-dealkylation sites (N-methyl/N-ethyl adjacent to an activating group) is 1. The maximum atomic E-state index is 13.1. The predicted octanol–water partition coefficient (Wildman–Crippen LogP) is 4.72. The van der Waals surface area contributed by atoms with Crippen LogP contribution in [0.3, 0.4) is 0 Å². The fourth-order valence-electron chi connectivity index (χ4n) is 4.06. The number of nitrogens with zero attached hydrogens (tertiary/aromatic N) is 2. The van der Waals surface area contributed by atoms with Crippen molar-refractivity contribution >= 4 is 29.1 Å². The highest BCUT2D eigenvalue weighted by molar-refractivity contribution is 6.46. The van der Waals surface area contributed by atoms with Crippen molar-refractivity contribution in [3.63, 3.8) is 0 Å². The van der Waals surface area contributed by atoms with Gasteiger partial charge in [0.15, 0.2) is 0 Å². The first-order chi connectivity index (χ1) is 14.8. The number of aliphatic hydroxyl groups excluding tert-OH is 1. The van der Waals surface area contributed by atoms with Crippen LogP contribution >= 0.6 is 11.6 Å². The number of hydrogen-bond donors (Lipinski definition) is 1. The number of benzene rings is 2. The Morgan fingerprint density at radius 2 is 1.81 bits per heavy atom. The van der Waals surface area contributed by atoms with Crippen LogP contribution in [-0.2, 0) is 9.59 Å². The number of Topliss-reactive ketones (excluding diaryl/α,β-unsaturated/α-hetero) is 1. The Bertz CT molecular complexity index is 1030. The van der Waals surface area contributed by atoms with Crippen LogP contribution in [0.2, 0.25) is 5.02 Å². The summed E-state index contributed by atoms with van der Waals surface area (Å²) in [4.78, 5) is 29.9. The molecule has 0 radical (unpaired) electrons. The number of rotatable bonds is 7. The second-order valence-corrected chi connectivity index (χ2v) is 8.33. The van der Waals surface area contributed by atoms with E-state index in [-0.39, 0.29) is 11.3 Å². The van der Waals surface area contributed by atoms with Gasteiger partial charge in [0, 0.05) is 23.7 Å². The van der Waals surface area contributed by atoms with Gasteiger partial charge in [0.1, 0.15) is 5.76 Å². The third-order valence-corrected chi connectivity index (χ3v) is 6.14. The van der Waals surface area contributed by atoms with E-state index in [1.807, 2.05) is 38.1 Å². The van der Waals surface area contributed by atoms with Gasteiger partial charge in [0.05, 0.1) is 11.6 Å². The molecule has 5 nitrogen and oxygen atoms in total. The van der Waals surface area contributed by atoms with Crippen molar-refractivity contribution < 1.29 is 14.7 Å². The van der Waals surface area contributed by atoms with Crippen LogP contribution in [0.25, 0.3) is 5.76 Å². The first-order valence-electron chi connectivity index (χ1n) is 10.6. The van der Waals surface area contributed by atoms with E-state index in [9.17, 15) is 14.7 Å². The Hall–Kier alpha value is -2.63. The molecule has 2 aromatic rings. The predicted molar refractivity (Wildman–Crippen MR) is 124 cm³/mol. The molecular weight excluding hydrogens is 412 g/mol. The summed E-state index contributed by atoms with van der Waals surface area (Å²) in [5.74, 6) is -1.40. The Kier molecular flexibility index (Phi) is 7.19. The molecule has 2 aromatic carbocycles. The zero-order valence-electron chi connectivity index (χ0n) is 18.5. The van der Waals surface area contributed by atoms with Gasteiger partial charge in [-0.2, -0.15) is 0 Å². The summed E-state index contributed by atoms with van der Waals surface area (Å²) in [6, 6.07) is 12.1. The van der Waals surface area contributed by atoms with Crippen molar-refractivity contribution in [3.05, 3.63) is 75.3 Å². The first kappa shape index (κ1) is 23.0. The molecule has 1 unspecified atom stereocenters. The molecule has 1 saturated heterocycles. The normalized spacial score (nSPS) is 18.3. The Labute approximate surface area is 188 Å². The van der Waals surface area contributed by atoms with E-state index in [0.29, 0.717) is 29.2 Å². The molecular formula is C25H29ClN2O3. The topological polar surface area (TPSA) is 60.9 Å². The number of carbonyl (C=O) groups excluding carboxylic acids is 2. The molecule has 1 amide bonds. The van der Waals surface area contributed by atoms with Gasteiger partial charge in [-0.05, 0) is 56.3 Å². The van der Waals surface area contributed by atoms with Crippen molar-refractivity contribution in [3.8, 4) is 0 Å². The first-order valence-corrected chi connectivity index (χ1v) is 11.0. The second-order valence-electron chi connectivity index (χ2n) is 7.89. The summed E-state index contributed by atoms with van der Waals surface area (Å²) in [7, 11) is 0. The molecule has 1 aliphatic rings. The van der Waals surface area contributed by atoms with Crippen LogP contribution in [0.15, 0.2) is 48.0 Å². The van der Waals surface area contributed by atoms with E-state index in [1.54, 1.807) is 23.1 Å². The molecule has 1 atom stereocenters. The average molecular weight is 441 g/mol. The molecule has 1 fully saturated rings. The molecule has 3 rings (SSSR count). The van der Waals surface area contributed by atoms with Gasteiger partial charge in [-0.25, -0.2) is 0 Å². The van der Waals surface area contributed by atoms with E-state index in [0.717, 1.165) is 24.2 Å². The maximum absolute atomic E-state index is 13.1. The van der Waals surface area contributed by atoms with E-state index >= 15 is 0 Å². The van der Waals surface area contributed by atoms with Crippen LogP contribution in [0.4, 0.5) is 0 Å². The number of halogens is 1. The van der Waals surface area contributed by atoms with Gasteiger partial charge < -0.3 is 14.9 Å². The zero-order chi connectivity index (χ0) is 22.7. The third kappa shape index (κ3) is 4.68. The molecule has 0 bridgehead atoms. The third-order valence-electron chi connectivity index (χ3n) is 5.90. The number of hydrogen-bond acceptors (Lipinski definition) is 4. The van der Waals surface area contributed by atoms with Crippen molar-refractivity contribution in [2.75, 3.05) is 26.2 Å². The van der Waals surface area contributed by atoms with Gasteiger partial charge in [0.25, 0.3) is 11.7 Å². The fraction of sp³-hybridized carbons (Fsp3) is 0.360. The van der Waals surface area contributed by atoms with Crippen LogP contribution in [0, 0.1) is 13.8 Å². The zero-order valence-corrected chi connectivity index (χ0v) is 19.2. The summed E-state index contributed by atoms with van der Waals surface area (Å²) >= 11 is 6.23. The molecule has 1 N–H and O–H groups in total. The quantitative estimate of drug-likeness (QED) is 0.384. The van der Waals surface area contributed by atoms with E-state index in [1.165, 1.54) is 0 Å². The molecule has 6 heteroatoms.